The van der Waals surface area contributed by atoms with E-state index in [0.29, 0.717) is 31.6 Å². The summed E-state index contributed by atoms with van der Waals surface area (Å²) in [6.45, 7) is 0. The van der Waals surface area contributed by atoms with Crippen molar-refractivity contribution in [3.05, 3.63) is 0 Å². The molecule has 86 valence electrons. The molecule has 0 amide bonds. The minimum Gasteiger partial charge on any atom is -0.390 e. The number of hydrogen-bond acceptors (Lipinski definition) is 1. The van der Waals surface area contributed by atoms with E-state index in [9.17, 15) is 18.3 Å². The Morgan fingerprint density at radius 1 is 1.00 bits per heavy atom. The van der Waals surface area contributed by atoms with Crippen LogP contribution < -0.4 is 0 Å². The summed E-state index contributed by atoms with van der Waals surface area (Å²) in [4.78, 5) is 0. The molecule has 5 atom stereocenters. The highest BCUT2D eigenvalue weighted by atomic mass is 19.4. The van der Waals surface area contributed by atoms with Gasteiger partial charge in [0, 0.05) is 0 Å². The molecule has 4 aliphatic carbocycles. The van der Waals surface area contributed by atoms with Gasteiger partial charge in [-0.15, -0.1) is 0 Å². The van der Waals surface area contributed by atoms with Gasteiger partial charge in [0.2, 0.25) is 0 Å². The average Bonchev–Trinajstić information content (AvgIpc) is 1.94. The third-order valence-corrected chi connectivity index (χ3v) is 4.62. The van der Waals surface area contributed by atoms with Crippen LogP contribution >= 0.6 is 0 Å². The molecular formula is C11H15F3O. The number of aliphatic hydroxyl groups is 1. The van der Waals surface area contributed by atoms with Crippen LogP contribution in [-0.4, -0.2) is 16.9 Å². The van der Waals surface area contributed by atoms with Gasteiger partial charge in [-0.05, 0) is 49.9 Å². The molecule has 0 radical (unpaired) electrons. The van der Waals surface area contributed by atoms with E-state index in [-0.39, 0.29) is 11.8 Å². The molecule has 15 heavy (non-hydrogen) atoms. The minimum atomic E-state index is -4.06. The summed E-state index contributed by atoms with van der Waals surface area (Å²) in [6, 6.07) is 0. The van der Waals surface area contributed by atoms with Crippen LogP contribution in [0.2, 0.25) is 0 Å². The smallest absolute Gasteiger partial charge is 0.390 e. The second kappa shape index (κ2) is 2.70. The number of alkyl halides is 3. The van der Waals surface area contributed by atoms with E-state index >= 15 is 0 Å². The Bertz CT molecular complexity index is 270. The molecule has 0 heterocycles. The molecule has 1 N–H and O–H groups in total. The van der Waals surface area contributed by atoms with Gasteiger partial charge in [-0.1, -0.05) is 0 Å². The molecule has 0 aromatic rings. The predicted octanol–water partition coefficient (Wildman–Crippen LogP) is 2.74. The Labute approximate surface area is 86.7 Å². The van der Waals surface area contributed by atoms with Crippen molar-refractivity contribution >= 4 is 0 Å². The zero-order chi connectivity index (χ0) is 10.8. The maximum Gasteiger partial charge on any atom is 0.392 e. The largest absolute Gasteiger partial charge is 0.392 e. The van der Waals surface area contributed by atoms with Gasteiger partial charge in [0.25, 0.3) is 0 Å². The highest BCUT2D eigenvalue weighted by molar-refractivity contribution is 5.06. The Balaban J connectivity index is 1.91. The van der Waals surface area contributed by atoms with E-state index in [1.807, 2.05) is 0 Å². The molecule has 4 fully saturated rings. The van der Waals surface area contributed by atoms with Crippen molar-refractivity contribution in [2.24, 2.45) is 23.7 Å². The van der Waals surface area contributed by atoms with Crippen LogP contribution in [0.5, 0.6) is 0 Å². The quantitative estimate of drug-likeness (QED) is 0.665. The molecular weight excluding hydrogens is 205 g/mol. The molecule has 1 nitrogen and oxygen atoms in total. The maximum absolute atomic E-state index is 12.8. The van der Waals surface area contributed by atoms with E-state index in [4.69, 9.17) is 0 Å². The summed E-state index contributed by atoms with van der Waals surface area (Å²) in [7, 11) is 0. The van der Waals surface area contributed by atoms with E-state index < -0.39 is 17.7 Å². The van der Waals surface area contributed by atoms with Gasteiger partial charge < -0.3 is 5.11 Å². The highest BCUT2D eigenvalue weighted by Gasteiger charge is 2.61. The van der Waals surface area contributed by atoms with Gasteiger partial charge in [-0.2, -0.15) is 13.2 Å². The monoisotopic (exact) mass is 220 g/mol. The Morgan fingerprint density at radius 2 is 1.53 bits per heavy atom. The first-order chi connectivity index (χ1) is 6.87. The van der Waals surface area contributed by atoms with Crippen molar-refractivity contribution in [1.82, 2.24) is 0 Å². The van der Waals surface area contributed by atoms with E-state index in [0.717, 1.165) is 6.42 Å². The highest BCUT2D eigenvalue weighted by Crippen LogP contribution is 2.61. The summed E-state index contributed by atoms with van der Waals surface area (Å²) in [6.07, 6.45) is -1.19. The molecule has 0 aliphatic heterocycles. The Morgan fingerprint density at radius 3 is 1.93 bits per heavy atom. The standard InChI is InChI=1S/C11H15F3O/c12-11(13,14)9-7-1-6-2-8(9)5-10(15,3-6)4-7/h6-9,15H,1-5H2/t6?,7-,8+,9?,10?. The van der Waals surface area contributed by atoms with Gasteiger partial charge in [0.1, 0.15) is 0 Å². The first kappa shape index (κ1) is 9.94. The molecule has 4 saturated carbocycles. The van der Waals surface area contributed by atoms with Crippen LogP contribution in [0.3, 0.4) is 0 Å². The number of halogens is 3. The third-order valence-electron chi connectivity index (χ3n) is 4.62. The van der Waals surface area contributed by atoms with E-state index in [2.05, 4.69) is 0 Å². The lowest BCUT2D eigenvalue weighted by atomic mass is 9.50. The zero-order valence-corrected chi connectivity index (χ0v) is 8.43. The maximum atomic E-state index is 12.8. The Hall–Kier alpha value is -0.250. The van der Waals surface area contributed by atoms with Gasteiger partial charge in [0.05, 0.1) is 11.5 Å². The first-order valence-corrected chi connectivity index (χ1v) is 5.66. The first-order valence-electron chi connectivity index (χ1n) is 5.66. The molecule has 3 unspecified atom stereocenters. The minimum absolute atomic E-state index is 0.304. The molecule has 0 spiro atoms. The number of hydrogen-bond donors (Lipinski definition) is 1. The summed E-state index contributed by atoms with van der Waals surface area (Å²) < 4.78 is 38.5. The van der Waals surface area contributed by atoms with Crippen LogP contribution in [-0.2, 0) is 0 Å². The van der Waals surface area contributed by atoms with Crippen LogP contribution in [0.15, 0.2) is 0 Å². The fraction of sp³-hybridized carbons (Fsp3) is 1.00. The Kier molecular flexibility index (Phi) is 1.79. The summed E-state index contributed by atoms with van der Waals surface area (Å²) in [5.74, 6) is -1.39. The SMILES string of the molecule is OC12CC3C[C@H](C1)C(C(F)(F)F)[C@@H](C3)C2. The molecule has 4 rings (SSSR count). The van der Waals surface area contributed by atoms with E-state index in [1.54, 1.807) is 0 Å². The van der Waals surface area contributed by atoms with Gasteiger partial charge >= 0.3 is 6.18 Å². The second-order valence-electron chi connectivity index (χ2n) is 5.76. The lowest BCUT2D eigenvalue weighted by Gasteiger charge is -2.58. The predicted molar refractivity (Wildman–Crippen MR) is 48.0 cm³/mol. The lowest BCUT2D eigenvalue weighted by Crippen LogP contribution is -2.57. The normalized spacial score (nSPS) is 53.6. The van der Waals surface area contributed by atoms with Crippen molar-refractivity contribution in [2.75, 3.05) is 0 Å². The van der Waals surface area contributed by atoms with Crippen LogP contribution in [0.25, 0.3) is 0 Å². The number of rotatable bonds is 0. The average molecular weight is 220 g/mol. The lowest BCUT2D eigenvalue weighted by molar-refractivity contribution is -0.260. The zero-order valence-electron chi connectivity index (χ0n) is 8.43. The van der Waals surface area contributed by atoms with Crippen molar-refractivity contribution in [2.45, 2.75) is 43.9 Å². The second-order valence-corrected chi connectivity index (χ2v) is 5.76. The summed E-state index contributed by atoms with van der Waals surface area (Å²) >= 11 is 0. The van der Waals surface area contributed by atoms with Crippen molar-refractivity contribution in [3.8, 4) is 0 Å². The summed E-state index contributed by atoms with van der Waals surface area (Å²) in [5.41, 5.74) is -0.752. The van der Waals surface area contributed by atoms with Crippen LogP contribution in [0.4, 0.5) is 13.2 Å². The molecule has 0 aromatic carbocycles. The van der Waals surface area contributed by atoms with E-state index in [1.165, 1.54) is 0 Å². The fourth-order valence-electron chi connectivity index (χ4n) is 4.52. The van der Waals surface area contributed by atoms with Gasteiger partial charge in [-0.3, -0.25) is 0 Å². The topological polar surface area (TPSA) is 20.2 Å². The molecule has 4 heteroatoms. The summed E-state index contributed by atoms with van der Waals surface area (Å²) in [5, 5.41) is 10.1. The van der Waals surface area contributed by atoms with Crippen molar-refractivity contribution in [1.29, 1.82) is 0 Å². The third kappa shape index (κ3) is 1.41. The molecule has 0 saturated heterocycles. The molecule has 4 aliphatic rings. The van der Waals surface area contributed by atoms with Gasteiger partial charge in [-0.25, -0.2) is 0 Å². The van der Waals surface area contributed by atoms with Crippen molar-refractivity contribution < 1.29 is 18.3 Å². The molecule has 4 bridgehead atoms. The fourth-order valence-corrected chi connectivity index (χ4v) is 4.52. The molecule has 0 aromatic heterocycles. The van der Waals surface area contributed by atoms with Gasteiger partial charge in [0.15, 0.2) is 0 Å². The van der Waals surface area contributed by atoms with Crippen LogP contribution in [0.1, 0.15) is 32.1 Å². The van der Waals surface area contributed by atoms with Crippen LogP contribution in [0, 0.1) is 23.7 Å². The van der Waals surface area contributed by atoms with Crippen molar-refractivity contribution in [3.63, 3.8) is 0 Å².